The first-order valence-corrected chi connectivity index (χ1v) is 18.4. The lowest BCUT2D eigenvalue weighted by Crippen LogP contribution is -2.34. The largest absolute Gasteiger partial charge is 0.462 e. The summed E-state index contributed by atoms with van der Waals surface area (Å²) in [6, 6.07) is 23.5. The normalized spacial score (nSPS) is 12.6. The molecule has 3 N–H and O–H groups in total. The summed E-state index contributed by atoms with van der Waals surface area (Å²) in [5, 5.41) is 8.93. The van der Waals surface area contributed by atoms with Crippen molar-refractivity contribution in [1.29, 1.82) is 0 Å². The van der Waals surface area contributed by atoms with Crippen LogP contribution in [0.5, 0.6) is 0 Å². The number of anilines is 2. The van der Waals surface area contributed by atoms with Crippen LogP contribution in [0.1, 0.15) is 75.9 Å². The molecule has 0 saturated carbocycles. The van der Waals surface area contributed by atoms with E-state index in [1.165, 1.54) is 30.0 Å². The Labute approximate surface area is 305 Å². The van der Waals surface area contributed by atoms with E-state index in [0.717, 1.165) is 26.5 Å². The molecule has 0 spiro atoms. The zero-order chi connectivity index (χ0) is 36.5. The van der Waals surface area contributed by atoms with Gasteiger partial charge in [-0.3, -0.25) is 19.2 Å². The quantitative estimate of drug-likeness (QED) is 0.0807. The minimum atomic E-state index is -0.511. The second-order valence-corrected chi connectivity index (χ2v) is 14.3. The second-order valence-electron chi connectivity index (χ2n) is 12.1. The van der Waals surface area contributed by atoms with Crippen LogP contribution in [0.15, 0.2) is 89.5 Å². The fourth-order valence-corrected chi connectivity index (χ4v) is 7.46. The zero-order valence-electron chi connectivity index (χ0n) is 28.9. The van der Waals surface area contributed by atoms with Gasteiger partial charge in [0.2, 0.25) is 11.8 Å². The standard InChI is InChI=1S/C39H40N4O6S2/c1-5-49-39(48)35-31-18-19-43(25(4)44)22-33(31)51-38(35)42-34(45)23-50-30-13-9-12-29(21-30)40-37(47)32(41-36(46)28-10-7-6-8-11-28)20-26-14-16-27(17-15-26)24(2)3/h6-17,20-21,24H,5,18-19,22-23H2,1-4H3,(H,40,47)(H,41,46)(H,42,45)/b32-20+. The highest BCUT2D eigenvalue weighted by molar-refractivity contribution is 8.00. The summed E-state index contributed by atoms with van der Waals surface area (Å²) in [4.78, 5) is 68.0. The summed E-state index contributed by atoms with van der Waals surface area (Å²) in [7, 11) is 0. The van der Waals surface area contributed by atoms with E-state index in [0.29, 0.717) is 47.2 Å². The van der Waals surface area contributed by atoms with Gasteiger partial charge < -0.3 is 25.6 Å². The molecule has 10 nitrogen and oxygen atoms in total. The highest BCUT2D eigenvalue weighted by Gasteiger charge is 2.30. The predicted molar refractivity (Wildman–Crippen MR) is 202 cm³/mol. The molecular formula is C39H40N4O6S2. The van der Waals surface area contributed by atoms with Crippen LogP contribution in [0, 0.1) is 0 Å². The number of ether oxygens (including phenoxy) is 1. The number of hydrogen-bond acceptors (Lipinski definition) is 8. The molecule has 12 heteroatoms. The minimum absolute atomic E-state index is 0.0342. The summed E-state index contributed by atoms with van der Waals surface area (Å²) in [5.41, 5.74) is 4.03. The maximum atomic E-state index is 13.6. The van der Waals surface area contributed by atoms with Gasteiger partial charge in [-0.2, -0.15) is 0 Å². The number of thiophene rings is 1. The van der Waals surface area contributed by atoms with Crippen molar-refractivity contribution < 1.29 is 28.7 Å². The van der Waals surface area contributed by atoms with Crippen LogP contribution in [0.4, 0.5) is 10.7 Å². The number of amides is 4. The third-order valence-corrected chi connectivity index (χ3v) is 10.3. The number of nitrogens with one attached hydrogen (secondary N) is 3. The SMILES string of the molecule is CCOC(=O)c1c(NC(=O)CSc2cccc(NC(=O)/C(=C\c3ccc(C(C)C)cc3)NC(=O)c3ccccc3)c2)sc2c1CCN(C(C)=O)C2. The van der Waals surface area contributed by atoms with Crippen molar-refractivity contribution in [1.82, 2.24) is 10.2 Å². The molecule has 1 aliphatic heterocycles. The van der Waals surface area contributed by atoms with Gasteiger partial charge in [0.1, 0.15) is 10.7 Å². The molecular weight excluding hydrogens is 685 g/mol. The summed E-state index contributed by atoms with van der Waals surface area (Å²) in [6.07, 6.45) is 2.13. The highest BCUT2D eigenvalue weighted by Crippen LogP contribution is 2.38. The first-order valence-electron chi connectivity index (χ1n) is 16.6. The average Bonchev–Trinajstić information content (AvgIpc) is 3.48. The maximum Gasteiger partial charge on any atom is 0.341 e. The molecule has 3 aromatic carbocycles. The number of carbonyl (C=O) groups excluding carboxylic acids is 5. The number of nitrogens with zero attached hydrogens (tertiary/aromatic N) is 1. The van der Waals surface area contributed by atoms with E-state index < -0.39 is 17.8 Å². The molecule has 51 heavy (non-hydrogen) atoms. The summed E-state index contributed by atoms with van der Waals surface area (Å²) in [5.74, 6) is -1.41. The Morgan fingerprint density at radius 2 is 1.71 bits per heavy atom. The summed E-state index contributed by atoms with van der Waals surface area (Å²) >= 11 is 2.55. The lowest BCUT2D eigenvalue weighted by Gasteiger charge is -2.25. The molecule has 0 saturated heterocycles. The van der Waals surface area contributed by atoms with Crippen LogP contribution < -0.4 is 16.0 Å². The maximum absolute atomic E-state index is 13.6. The molecule has 4 amide bonds. The predicted octanol–water partition coefficient (Wildman–Crippen LogP) is 7.09. The number of fused-ring (bicyclic) bond motifs is 1. The molecule has 0 radical (unpaired) electrons. The Morgan fingerprint density at radius 3 is 2.39 bits per heavy atom. The molecule has 0 bridgehead atoms. The van der Waals surface area contributed by atoms with Gasteiger partial charge in [0, 0.05) is 34.5 Å². The van der Waals surface area contributed by atoms with Crippen molar-refractivity contribution in [2.75, 3.05) is 29.5 Å². The molecule has 1 aromatic heterocycles. The van der Waals surface area contributed by atoms with Gasteiger partial charge in [-0.15, -0.1) is 23.1 Å². The van der Waals surface area contributed by atoms with Crippen molar-refractivity contribution in [3.8, 4) is 0 Å². The van der Waals surface area contributed by atoms with Crippen molar-refractivity contribution in [2.45, 2.75) is 51.5 Å². The van der Waals surface area contributed by atoms with Gasteiger partial charge in [0.25, 0.3) is 11.8 Å². The van der Waals surface area contributed by atoms with Gasteiger partial charge in [-0.1, -0.05) is 62.4 Å². The van der Waals surface area contributed by atoms with E-state index in [1.807, 2.05) is 36.4 Å². The minimum Gasteiger partial charge on any atom is -0.462 e. The third-order valence-electron chi connectivity index (χ3n) is 8.14. The molecule has 2 heterocycles. The average molecular weight is 725 g/mol. The number of esters is 1. The second kappa shape index (κ2) is 17.1. The smallest absolute Gasteiger partial charge is 0.341 e. The summed E-state index contributed by atoms with van der Waals surface area (Å²) in [6.45, 7) is 8.50. The van der Waals surface area contributed by atoms with Crippen LogP contribution in [0.2, 0.25) is 0 Å². The van der Waals surface area contributed by atoms with Crippen LogP contribution in [0.3, 0.4) is 0 Å². The first-order chi connectivity index (χ1) is 24.5. The zero-order valence-corrected chi connectivity index (χ0v) is 30.5. The fourth-order valence-electron chi connectivity index (χ4n) is 5.44. The molecule has 1 aliphatic rings. The van der Waals surface area contributed by atoms with Gasteiger partial charge in [0.05, 0.1) is 24.5 Å². The molecule has 0 fully saturated rings. The highest BCUT2D eigenvalue weighted by atomic mass is 32.2. The Hall–Kier alpha value is -5.20. The van der Waals surface area contributed by atoms with E-state index >= 15 is 0 Å². The Kier molecular flexibility index (Phi) is 12.5. The molecule has 4 aromatic rings. The van der Waals surface area contributed by atoms with Gasteiger partial charge >= 0.3 is 5.97 Å². The lowest BCUT2D eigenvalue weighted by atomic mass is 10.0. The van der Waals surface area contributed by atoms with Crippen LogP contribution in [-0.2, 0) is 32.1 Å². The van der Waals surface area contributed by atoms with Crippen molar-refractivity contribution in [2.24, 2.45) is 0 Å². The summed E-state index contributed by atoms with van der Waals surface area (Å²) < 4.78 is 5.30. The molecule has 0 unspecified atom stereocenters. The molecule has 264 valence electrons. The van der Waals surface area contributed by atoms with Gasteiger partial charge in [-0.25, -0.2) is 4.79 Å². The van der Waals surface area contributed by atoms with Crippen LogP contribution in [0.25, 0.3) is 6.08 Å². The van der Waals surface area contributed by atoms with Crippen molar-refractivity contribution in [3.05, 3.63) is 117 Å². The Balaban J connectivity index is 1.28. The molecule has 0 atom stereocenters. The number of rotatable bonds is 12. The lowest BCUT2D eigenvalue weighted by molar-refractivity contribution is -0.129. The van der Waals surface area contributed by atoms with Gasteiger partial charge in [0.15, 0.2) is 0 Å². The first kappa shape index (κ1) is 37.1. The van der Waals surface area contributed by atoms with Crippen molar-refractivity contribution in [3.63, 3.8) is 0 Å². The van der Waals surface area contributed by atoms with E-state index in [9.17, 15) is 24.0 Å². The number of benzene rings is 3. The third kappa shape index (κ3) is 9.74. The van der Waals surface area contributed by atoms with E-state index in [-0.39, 0.29) is 29.9 Å². The Bertz CT molecular complexity index is 1950. The van der Waals surface area contributed by atoms with E-state index in [2.05, 4.69) is 29.8 Å². The van der Waals surface area contributed by atoms with Crippen molar-refractivity contribution >= 4 is 69.5 Å². The van der Waals surface area contributed by atoms with E-state index in [1.54, 1.807) is 60.4 Å². The molecule has 0 aliphatic carbocycles. The number of hydrogen-bond donors (Lipinski definition) is 3. The van der Waals surface area contributed by atoms with E-state index in [4.69, 9.17) is 4.74 Å². The van der Waals surface area contributed by atoms with Gasteiger partial charge in [-0.05, 0) is 72.4 Å². The Morgan fingerprint density at radius 1 is 0.961 bits per heavy atom. The van der Waals surface area contributed by atoms with Crippen LogP contribution >= 0.6 is 23.1 Å². The van der Waals surface area contributed by atoms with Crippen LogP contribution in [-0.4, -0.2) is 53.4 Å². The number of carbonyl (C=O) groups is 5. The monoisotopic (exact) mass is 724 g/mol. The number of thioether (sulfide) groups is 1. The fraction of sp³-hybridized carbons (Fsp3) is 0.256. The molecule has 5 rings (SSSR count). The topological polar surface area (TPSA) is 134 Å².